The Morgan fingerprint density at radius 1 is 1.16 bits per heavy atom. The Morgan fingerprint density at radius 2 is 1.91 bits per heavy atom. The van der Waals surface area contributed by atoms with Crippen LogP contribution in [-0.2, 0) is 9.59 Å². The van der Waals surface area contributed by atoms with Crippen LogP contribution in [0.3, 0.4) is 0 Å². The van der Waals surface area contributed by atoms with E-state index in [2.05, 4.69) is 29.5 Å². The Bertz CT molecular complexity index is 1180. The van der Waals surface area contributed by atoms with E-state index in [1.54, 1.807) is 24.4 Å². The summed E-state index contributed by atoms with van der Waals surface area (Å²) in [5.74, 6) is -0.508. The number of anilines is 1. The van der Waals surface area contributed by atoms with E-state index in [0.29, 0.717) is 51.1 Å². The molecular formula is C25H25Cl2N3O2. The highest BCUT2D eigenvalue weighted by Gasteiger charge is 2.43. The maximum absolute atomic E-state index is 13.5. The standard InChI is InChI=1S/C25H25Cl2N3O2/c1-13-8-9-19(28-12-13)30-24(32)20-14(2)29-17-10-25(3,4)11-18(31)22(17)21(20)15-6-5-7-16(26)23(15)27/h5-9,12,21,29H,10-11H2,1-4H3,(H,28,30,32)/t21-/m1/s1. The number of nitrogens with one attached hydrogen (secondary N) is 2. The fraction of sp³-hybridized carbons (Fsp3) is 0.320. The summed E-state index contributed by atoms with van der Waals surface area (Å²) in [4.78, 5) is 31.1. The molecule has 2 heterocycles. The van der Waals surface area contributed by atoms with Crippen molar-refractivity contribution in [3.8, 4) is 0 Å². The van der Waals surface area contributed by atoms with E-state index in [0.717, 1.165) is 11.3 Å². The molecule has 0 bridgehead atoms. The highest BCUT2D eigenvalue weighted by molar-refractivity contribution is 6.42. The summed E-state index contributed by atoms with van der Waals surface area (Å²) >= 11 is 12.9. The molecule has 0 saturated heterocycles. The number of ketones is 1. The third-order valence-electron chi connectivity index (χ3n) is 5.93. The number of amides is 1. The molecule has 1 atom stereocenters. The van der Waals surface area contributed by atoms with Crippen molar-refractivity contribution >= 4 is 40.7 Å². The minimum absolute atomic E-state index is 0.0102. The van der Waals surface area contributed by atoms with Gasteiger partial charge in [0, 0.05) is 41.1 Å². The van der Waals surface area contributed by atoms with Crippen molar-refractivity contribution < 1.29 is 9.59 Å². The molecule has 4 rings (SSSR count). The van der Waals surface area contributed by atoms with Gasteiger partial charge in [-0.2, -0.15) is 0 Å². The maximum Gasteiger partial charge on any atom is 0.255 e. The van der Waals surface area contributed by atoms with Gasteiger partial charge in [0.25, 0.3) is 5.91 Å². The van der Waals surface area contributed by atoms with Gasteiger partial charge >= 0.3 is 0 Å². The number of dihydropyridines is 1. The third-order valence-corrected chi connectivity index (χ3v) is 6.76. The average Bonchev–Trinajstić information content (AvgIpc) is 2.69. The van der Waals surface area contributed by atoms with Crippen LogP contribution >= 0.6 is 23.2 Å². The lowest BCUT2D eigenvalue weighted by molar-refractivity contribution is -0.118. The highest BCUT2D eigenvalue weighted by Crippen LogP contribution is 2.48. The normalized spacial score (nSPS) is 20.1. The third kappa shape index (κ3) is 4.19. The zero-order chi connectivity index (χ0) is 23.2. The van der Waals surface area contributed by atoms with E-state index in [1.165, 1.54) is 0 Å². The van der Waals surface area contributed by atoms with Crippen molar-refractivity contribution in [2.75, 3.05) is 5.32 Å². The van der Waals surface area contributed by atoms with Crippen LogP contribution in [0.1, 0.15) is 50.7 Å². The van der Waals surface area contributed by atoms with Crippen LogP contribution in [0.2, 0.25) is 10.0 Å². The lowest BCUT2D eigenvalue weighted by Gasteiger charge is -2.39. The van der Waals surface area contributed by atoms with Gasteiger partial charge in [0.15, 0.2) is 5.78 Å². The molecule has 0 spiro atoms. The first kappa shape index (κ1) is 22.6. The summed E-state index contributed by atoms with van der Waals surface area (Å²) in [7, 11) is 0. The van der Waals surface area contributed by atoms with Crippen LogP contribution in [0.5, 0.6) is 0 Å². The van der Waals surface area contributed by atoms with Crippen LogP contribution in [0.25, 0.3) is 0 Å². The van der Waals surface area contributed by atoms with Gasteiger partial charge in [-0.25, -0.2) is 4.98 Å². The number of allylic oxidation sites excluding steroid dienone is 3. The predicted octanol–water partition coefficient (Wildman–Crippen LogP) is 5.94. The molecule has 1 aromatic carbocycles. The lowest BCUT2D eigenvalue weighted by atomic mass is 9.68. The minimum atomic E-state index is -0.619. The van der Waals surface area contributed by atoms with Crippen LogP contribution < -0.4 is 10.6 Å². The molecule has 1 amide bonds. The summed E-state index contributed by atoms with van der Waals surface area (Å²) in [6.07, 6.45) is 2.79. The minimum Gasteiger partial charge on any atom is -0.362 e. The summed E-state index contributed by atoms with van der Waals surface area (Å²) in [5, 5.41) is 6.94. The van der Waals surface area contributed by atoms with Gasteiger partial charge in [-0.15, -0.1) is 0 Å². The lowest BCUT2D eigenvalue weighted by Crippen LogP contribution is -2.39. The maximum atomic E-state index is 13.5. The fourth-order valence-electron chi connectivity index (χ4n) is 4.52. The molecule has 0 radical (unpaired) electrons. The second-order valence-corrected chi connectivity index (χ2v) is 10.0. The largest absolute Gasteiger partial charge is 0.362 e. The number of nitrogens with zero attached hydrogens (tertiary/aromatic N) is 1. The number of benzene rings is 1. The SMILES string of the molecule is CC1=C(C(=O)Nc2ccc(C)cn2)[C@@H](c2cccc(Cl)c2Cl)C2=C(CC(C)(C)CC2=O)N1. The van der Waals surface area contributed by atoms with Gasteiger partial charge < -0.3 is 10.6 Å². The zero-order valence-corrected chi connectivity index (χ0v) is 20.0. The molecule has 7 heteroatoms. The van der Waals surface area contributed by atoms with E-state index >= 15 is 0 Å². The van der Waals surface area contributed by atoms with E-state index in [9.17, 15) is 9.59 Å². The van der Waals surface area contributed by atoms with Gasteiger partial charge in [0.05, 0.1) is 10.0 Å². The summed E-state index contributed by atoms with van der Waals surface area (Å²) in [6.45, 7) is 7.92. The van der Waals surface area contributed by atoms with Crippen LogP contribution in [0, 0.1) is 12.3 Å². The molecular weight excluding hydrogens is 445 g/mol. The fourth-order valence-corrected chi connectivity index (χ4v) is 4.93. The van der Waals surface area contributed by atoms with Crippen LogP contribution in [0.15, 0.2) is 59.1 Å². The number of carbonyl (C=O) groups is 2. The summed E-state index contributed by atoms with van der Waals surface area (Å²) in [5.41, 5.74) is 4.01. The molecule has 32 heavy (non-hydrogen) atoms. The van der Waals surface area contributed by atoms with E-state index in [-0.39, 0.29) is 17.1 Å². The highest BCUT2D eigenvalue weighted by atomic mass is 35.5. The topological polar surface area (TPSA) is 71.1 Å². The van der Waals surface area contributed by atoms with Crippen molar-refractivity contribution in [2.45, 2.75) is 46.5 Å². The first-order valence-corrected chi connectivity index (χ1v) is 11.2. The molecule has 0 fully saturated rings. The molecule has 166 valence electrons. The quantitative estimate of drug-likeness (QED) is 0.583. The molecule has 2 aromatic rings. The number of Topliss-reactive ketones (excluding diaryl/α,β-unsaturated/α-hetero) is 1. The number of hydrogen-bond acceptors (Lipinski definition) is 4. The van der Waals surface area contributed by atoms with Gasteiger partial charge in [-0.3, -0.25) is 9.59 Å². The molecule has 1 aliphatic heterocycles. The Morgan fingerprint density at radius 3 is 2.59 bits per heavy atom. The van der Waals surface area contributed by atoms with Gasteiger partial charge in [-0.05, 0) is 48.9 Å². The number of halogens is 2. The van der Waals surface area contributed by atoms with Crippen molar-refractivity contribution in [3.63, 3.8) is 0 Å². The van der Waals surface area contributed by atoms with Crippen LogP contribution in [0.4, 0.5) is 5.82 Å². The predicted molar refractivity (Wildman–Crippen MR) is 128 cm³/mol. The zero-order valence-electron chi connectivity index (χ0n) is 18.5. The van der Waals surface area contributed by atoms with Gasteiger partial charge in [0.2, 0.25) is 0 Å². The van der Waals surface area contributed by atoms with E-state index in [4.69, 9.17) is 23.2 Å². The van der Waals surface area contributed by atoms with Crippen LogP contribution in [-0.4, -0.2) is 16.7 Å². The Balaban J connectivity index is 1.84. The molecule has 0 unspecified atom stereocenters. The van der Waals surface area contributed by atoms with Crippen molar-refractivity contribution in [3.05, 3.63) is 80.2 Å². The number of pyridine rings is 1. The molecule has 5 nitrogen and oxygen atoms in total. The summed E-state index contributed by atoms with van der Waals surface area (Å²) in [6, 6.07) is 8.94. The van der Waals surface area contributed by atoms with Crippen molar-refractivity contribution in [1.82, 2.24) is 10.3 Å². The van der Waals surface area contributed by atoms with Gasteiger partial charge in [0.1, 0.15) is 5.82 Å². The molecule has 1 aromatic heterocycles. The first-order valence-electron chi connectivity index (χ1n) is 10.5. The number of carbonyl (C=O) groups excluding carboxylic acids is 2. The molecule has 1 aliphatic carbocycles. The molecule has 2 N–H and O–H groups in total. The number of aromatic nitrogens is 1. The number of rotatable bonds is 3. The van der Waals surface area contributed by atoms with E-state index in [1.807, 2.05) is 26.0 Å². The van der Waals surface area contributed by atoms with Crippen molar-refractivity contribution in [1.29, 1.82) is 0 Å². The number of hydrogen-bond donors (Lipinski definition) is 2. The monoisotopic (exact) mass is 469 g/mol. The molecule has 2 aliphatic rings. The van der Waals surface area contributed by atoms with Gasteiger partial charge in [-0.1, -0.05) is 55.2 Å². The second-order valence-electron chi connectivity index (χ2n) is 9.25. The average molecular weight is 470 g/mol. The van der Waals surface area contributed by atoms with Crippen molar-refractivity contribution in [2.24, 2.45) is 5.41 Å². The Kier molecular flexibility index (Phi) is 5.91. The first-order chi connectivity index (χ1) is 15.1. The Labute approximate surface area is 197 Å². The Hall–Kier alpha value is -2.63. The number of aryl methyl sites for hydroxylation is 1. The molecule has 0 saturated carbocycles. The summed E-state index contributed by atoms with van der Waals surface area (Å²) < 4.78 is 0. The second kappa shape index (κ2) is 8.38. The van der Waals surface area contributed by atoms with E-state index < -0.39 is 5.92 Å². The smallest absolute Gasteiger partial charge is 0.255 e.